The zero-order valence-electron chi connectivity index (χ0n) is 15.3. The van der Waals surface area contributed by atoms with Crippen molar-refractivity contribution in [2.24, 2.45) is 0 Å². The Hall–Kier alpha value is -0.850. The van der Waals surface area contributed by atoms with Crippen LogP contribution in [-0.2, 0) is 30.4 Å². The van der Waals surface area contributed by atoms with Crippen LogP contribution in [0.4, 0.5) is 5.69 Å². The number of benzene rings is 1. The lowest BCUT2D eigenvalue weighted by molar-refractivity contribution is -0.137. The van der Waals surface area contributed by atoms with Crippen LogP contribution >= 0.6 is 17.1 Å². The van der Waals surface area contributed by atoms with E-state index in [1.54, 1.807) is 6.92 Å². The fourth-order valence-electron chi connectivity index (χ4n) is 1.88. The van der Waals surface area contributed by atoms with Gasteiger partial charge in [-0.2, -0.15) is 0 Å². The quantitative estimate of drug-likeness (QED) is 0.326. The number of allylic oxidation sites excluding steroid dienone is 1. The smallest absolute Gasteiger partial charge is 0.346 e. The van der Waals surface area contributed by atoms with Crippen LogP contribution in [0, 0.1) is 6.92 Å². The average molecular weight is 404 g/mol. The largest absolute Gasteiger partial charge is 0.462 e. The van der Waals surface area contributed by atoms with Crippen molar-refractivity contribution in [1.82, 2.24) is 0 Å². The second-order valence-electron chi connectivity index (χ2n) is 5.04. The predicted molar refractivity (Wildman–Crippen MR) is 109 cm³/mol. The molecule has 0 aromatic heterocycles. The number of esters is 1. The molecular formula is C17H26NO4PS2. The molecule has 0 saturated heterocycles. The highest BCUT2D eigenvalue weighted by Crippen LogP contribution is 2.64. The summed E-state index contributed by atoms with van der Waals surface area (Å²) in [6, 6.07) is 7.90. The monoisotopic (exact) mass is 403 g/mol. The van der Waals surface area contributed by atoms with E-state index < -0.39 is 11.7 Å². The molecule has 0 aliphatic carbocycles. The van der Waals surface area contributed by atoms with Gasteiger partial charge in [0, 0.05) is 11.4 Å². The van der Waals surface area contributed by atoms with Crippen LogP contribution in [0.15, 0.2) is 34.9 Å². The van der Waals surface area contributed by atoms with Gasteiger partial charge in [-0.05, 0) is 69.9 Å². The standard InChI is InChI=1S/C17H26NO4PS2/c1-6-20-17(19)16(25-23(24,21-7-2)22-8-3)14(5)18-15-11-9-13(4)10-12-15/h9-12,18H,6-8H2,1-5H3. The Morgan fingerprint density at radius 3 is 2.16 bits per heavy atom. The van der Waals surface area contributed by atoms with Gasteiger partial charge in [0.05, 0.1) is 19.8 Å². The minimum Gasteiger partial charge on any atom is -0.462 e. The number of nitrogens with one attached hydrogen (secondary N) is 1. The van der Waals surface area contributed by atoms with Crippen molar-refractivity contribution in [3.8, 4) is 0 Å². The Bertz CT molecular complexity index is 637. The number of carbonyl (C=O) groups excluding carboxylic acids is 1. The Balaban J connectivity index is 3.14. The molecule has 0 amide bonds. The van der Waals surface area contributed by atoms with E-state index in [0.717, 1.165) is 22.6 Å². The van der Waals surface area contributed by atoms with Crippen LogP contribution in [0.5, 0.6) is 0 Å². The summed E-state index contributed by atoms with van der Waals surface area (Å²) in [5.74, 6) is -0.432. The maximum Gasteiger partial charge on any atom is 0.346 e. The van der Waals surface area contributed by atoms with Crippen molar-refractivity contribution in [1.29, 1.82) is 0 Å². The summed E-state index contributed by atoms with van der Waals surface area (Å²) in [5.41, 5.74) is 0.0290. The van der Waals surface area contributed by atoms with Crippen LogP contribution in [0.3, 0.4) is 0 Å². The van der Waals surface area contributed by atoms with Crippen molar-refractivity contribution in [3.63, 3.8) is 0 Å². The molecule has 25 heavy (non-hydrogen) atoms. The van der Waals surface area contributed by atoms with E-state index in [1.807, 2.05) is 52.0 Å². The fraction of sp³-hybridized carbons (Fsp3) is 0.471. The summed E-state index contributed by atoms with van der Waals surface area (Å²) in [6.07, 6.45) is 0. The minimum absolute atomic E-state index is 0.285. The zero-order chi connectivity index (χ0) is 18.9. The van der Waals surface area contributed by atoms with Crippen molar-refractivity contribution >= 4 is 40.5 Å². The lowest BCUT2D eigenvalue weighted by atomic mass is 10.2. The number of hydrogen-bond donors (Lipinski definition) is 1. The average Bonchev–Trinajstić information content (AvgIpc) is 2.55. The zero-order valence-corrected chi connectivity index (χ0v) is 17.9. The molecule has 0 saturated carbocycles. The van der Waals surface area contributed by atoms with Crippen molar-refractivity contribution < 1.29 is 18.6 Å². The number of ether oxygens (including phenoxy) is 1. The van der Waals surface area contributed by atoms with Crippen molar-refractivity contribution in [3.05, 3.63) is 40.4 Å². The van der Waals surface area contributed by atoms with E-state index in [0.29, 0.717) is 23.8 Å². The molecule has 0 radical (unpaired) electrons. The number of carbonyl (C=O) groups is 1. The maximum atomic E-state index is 12.4. The predicted octanol–water partition coefficient (Wildman–Crippen LogP) is 5.23. The third-order valence-electron chi connectivity index (χ3n) is 2.96. The number of rotatable bonds is 10. The number of hydrogen-bond acceptors (Lipinski definition) is 7. The van der Waals surface area contributed by atoms with E-state index >= 15 is 0 Å². The van der Waals surface area contributed by atoms with Crippen molar-refractivity contribution in [2.45, 2.75) is 34.6 Å². The van der Waals surface area contributed by atoms with Crippen LogP contribution in [0.25, 0.3) is 0 Å². The molecule has 1 N–H and O–H groups in total. The molecule has 5 nitrogen and oxygen atoms in total. The third-order valence-corrected chi connectivity index (χ3v) is 8.14. The molecule has 0 fully saturated rings. The molecule has 0 bridgehead atoms. The van der Waals surface area contributed by atoms with Gasteiger partial charge in [0.1, 0.15) is 4.91 Å². The van der Waals surface area contributed by atoms with Crippen LogP contribution < -0.4 is 5.32 Å². The van der Waals surface area contributed by atoms with Gasteiger partial charge in [-0.1, -0.05) is 17.7 Å². The normalized spacial score (nSPS) is 12.5. The lowest BCUT2D eigenvalue weighted by Gasteiger charge is -2.22. The van der Waals surface area contributed by atoms with Gasteiger partial charge in [0.2, 0.25) is 0 Å². The molecule has 1 rings (SSSR count). The van der Waals surface area contributed by atoms with E-state index in [-0.39, 0.29) is 6.61 Å². The Labute approximate surface area is 159 Å². The van der Waals surface area contributed by atoms with Gasteiger partial charge in [-0.25, -0.2) is 4.79 Å². The molecule has 1 aromatic rings. The summed E-state index contributed by atoms with van der Waals surface area (Å²) in [7, 11) is 0. The summed E-state index contributed by atoms with van der Waals surface area (Å²) in [6.45, 7) is 10.4. The lowest BCUT2D eigenvalue weighted by Crippen LogP contribution is -2.11. The first-order valence-electron chi connectivity index (χ1n) is 8.15. The second-order valence-corrected chi connectivity index (χ2v) is 11.2. The van der Waals surface area contributed by atoms with Crippen LogP contribution in [0.1, 0.15) is 33.3 Å². The highest BCUT2D eigenvalue weighted by Gasteiger charge is 2.27. The second kappa shape index (κ2) is 11.0. The molecule has 0 aliphatic heterocycles. The molecule has 1 aromatic carbocycles. The third kappa shape index (κ3) is 7.50. The summed E-state index contributed by atoms with van der Waals surface area (Å²) >= 11 is 6.68. The number of aryl methyl sites for hydroxylation is 1. The van der Waals surface area contributed by atoms with E-state index in [9.17, 15) is 4.79 Å². The van der Waals surface area contributed by atoms with E-state index in [2.05, 4.69) is 5.32 Å². The van der Waals surface area contributed by atoms with Crippen molar-refractivity contribution in [2.75, 3.05) is 25.1 Å². The first-order chi connectivity index (χ1) is 11.8. The van der Waals surface area contributed by atoms with E-state index in [1.165, 1.54) is 0 Å². The van der Waals surface area contributed by atoms with Gasteiger partial charge in [-0.15, -0.1) is 0 Å². The van der Waals surface area contributed by atoms with Gasteiger partial charge in [-0.3, -0.25) is 0 Å². The summed E-state index contributed by atoms with van der Waals surface area (Å²) in [5, 5.41) is 3.23. The molecule has 0 spiro atoms. The molecule has 0 aliphatic rings. The maximum absolute atomic E-state index is 12.4. The van der Waals surface area contributed by atoms with Crippen LogP contribution in [0.2, 0.25) is 0 Å². The number of anilines is 1. The SMILES string of the molecule is CCOC(=O)C(SP(=S)(OCC)OCC)=C(C)Nc1ccc(C)cc1. The van der Waals surface area contributed by atoms with Gasteiger partial charge in [0.25, 0.3) is 5.69 Å². The van der Waals surface area contributed by atoms with Gasteiger partial charge in [0.15, 0.2) is 0 Å². The first-order valence-corrected chi connectivity index (χ1v) is 12.2. The topological polar surface area (TPSA) is 56.8 Å². The van der Waals surface area contributed by atoms with Gasteiger partial charge < -0.3 is 19.1 Å². The summed E-state index contributed by atoms with van der Waals surface area (Å²) < 4.78 is 16.5. The van der Waals surface area contributed by atoms with Crippen LogP contribution in [-0.4, -0.2) is 25.8 Å². The highest BCUT2D eigenvalue weighted by molar-refractivity contribution is 8.69. The fourth-order valence-corrected chi connectivity index (χ4v) is 6.80. The molecule has 8 heteroatoms. The Kier molecular flexibility index (Phi) is 9.75. The van der Waals surface area contributed by atoms with Gasteiger partial charge >= 0.3 is 5.97 Å². The minimum atomic E-state index is -2.67. The Morgan fingerprint density at radius 2 is 1.68 bits per heavy atom. The molecule has 0 heterocycles. The molecule has 140 valence electrons. The Morgan fingerprint density at radius 1 is 1.12 bits per heavy atom. The van der Waals surface area contributed by atoms with E-state index in [4.69, 9.17) is 25.6 Å². The molecular weight excluding hydrogens is 377 g/mol. The highest BCUT2D eigenvalue weighted by atomic mass is 32.9. The molecule has 0 atom stereocenters. The summed E-state index contributed by atoms with van der Waals surface area (Å²) in [4.78, 5) is 12.8. The first kappa shape index (κ1) is 22.2. The molecule has 0 unspecified atom stereocenters.